The second kappa shape index (κ2) is 3.65. The third-order valence-electron chi connectivity index (χ3n) is 2.71. The molecule has 1 aliphatic heterocycles. The SMILES string of the molecule is C=CN1CCCC1c1ccccc1. The lowest BCUT2D eigenvalue weighted by atomic mass is 10.1. The predicted octanol–water partition coefficient (Wildman–Crippen LogP) is 2.97. The van der Waals surface area contributed by atoms with Crippen molar-refractivity contribution in [1.29, 1.82) is 0 Å². The van der Waals surface area contributed by atoms with Gasteiger partial charge < -0.3 is 4.90 Å². The van der Waals surface area contributed by atoms with Gasteiger partial charge in [0.15, 0.2) is 0 Å². The summed E-state index contributed by atoms with van der Waals surface area (Å²) in [6.07, 6.45) is 4.51. The molecule has 13 heavy (non-hydrogen) atoms. The summed E-state index contributed by atoms with van der Waals surface area (Å²) in [5.41, 5.74) is 1.42. The highest BCUT2D eigenvalue weighted by molar-refractivity contribution is 5.20. The van der Waals surface area contributed by atoms with Crippen molar-refractivity contribution in [2.24, 2.45) is 0 Å². The molecule has 1 heteroatoms. The molecule has 1 aliphatic rings. The number of rotatable bonds is 2. The van der Waals surface area contributed by atoms with Crippen molar-refractivity contribution in [1.82, 2.24) is 4.90 Å². The van der Waals surface area contributed by atoms with Crippen LogP contribution in [0.25, 0.3) is 0 Å². The topological polar surface area (TPSA) is 3.24 Å². The van der Waals surface area contributed by atoms with Gasteiger partial charge in [-0.2, -0.15) is 0 Å². The number of likely N-dealkylation sites (tertiary alicyclic amines) is 1. The second-order valence-corrected chi connectivity index (χ2v) is 3.49. The molecule has 1 heterocycles. The zero-order valence-corrected chi connectivity index (χ0v) is 7.82. The Balaban J connectivity index is 2.21. The Morgan fingerprint density at radius 2 is 2.08 bits per heavy atom. The van der Waals surface area contributed by atoms with Crippen LogP contribution in [-0.4, -0.2) is 11.4 Å². The van der Waals surface area contributed by atoms with Gasteiger partial charge >= 0.3 is 0 Å². The van der Waals surface area contributed by atoms with Crippen LogP contribution in [0.2, 0.25) is 0 Å². The maximum Gasteiger partial charge on any atom is 0.0537 e. The van der Waals surface area contributed by atoms with Gasteiger partial charge in [-0.1, -0.05) is 36.9 Å². The van der Waals surface area contributed by atoms with Crippen LogP contribution in [0.4, 0.5) is 0 Å². The molecule has 0 N–H and O–H groups in total. The predicted molar refractivity (Wildman–Crippen MR) is 55.3 cm³/mol. The monoisotopic (exact) mass is 173 g/mol. The van der Waals surface area contributed by atoms with Gasteiger partial charge in [0.2, 0.25) is 0 Å². The van der Waals surface area contributed by atoms with Crippen molar-refractivity contribution < 1.29 is 0 Å². The minimum atomic E-state index is 0.568. The van der Waals surface area contributed by atoms with E-state index in [9.17, 15) is 0 Å². The molecule has 0 spiro atoms. The van der Waals surface area contributed by atoms with Crippen LogP contribution >= 0.6 is 0 Å². The molecule has 1 unspecified atom stereocenters. The molecule has 0 aromatic heterocycles. The minimum absolute atomic E-state index is 0.568. The van der Waals surface area contributed by atoms with E-state index in [1.165, 1.54) is 18.4 Å². The summed E-state index contributed by atoms with van der Waals surface area (Å²) in [6.45, 7) is 5.00. The second-order valence-electron chi connectivity index (χ2n) is 3.49. The van der Waals surface area contributed by atoms with E-state index in [-0.39, 0.29) is 0 Å². The molecule has 1 fully saturated rings. The van der Waals surface area contributed by atoms with Crippen LogP contribution in [-0.2, 0) is 0 Å². The molecule has 68 valence electrons. The van der Waals surface area contributed by atoms with E-state index in [1.54, 1.807) is 0 Å². The van der Waals surface area contributed by atoms with Gasteiger partial charge in [0.1, 0.15) is 0 Å². The van der Waals surface area contributed by atoms with E-state index in [4.69, 9.17) is 0 Å². The average molecular weight is 173 g/mol. The highest BCUT2D eigenvalue weighted by atomic mass is 15.2. The Labute approximate surface area is 79.7 Å². The van der Waals surface area contributed by atoms with Crippen molar-refractivity contribution in [3.8, 4) is 0 Å². The summed E-state index contributed by atoms with van der Waals surface area (Å²) >= 11 is 0. The van der Waals surface area contributed by atoms with Crippen LogP contribution in [0.5, 0.6) is 0 Å². The first-order chi connectivity index (χ1) is 6.42. The molecule has 1 nitrogen and oxygen atoms in total. The summed E-state index contributed by atoms with van der Waals surface area (Å²) in [5.74, 6) is 0. The fraction of sp³-hybridized carbons (Fsp3) is 0.333. The number of hydrogen-bond donors (Lipinski definition) is 0. The summed E-state index contributed by atoms with van der Waals surface area (Å²) in [5, 5.41) is 0. The first kappa shape index (κ1) is 8.36. The lowest BCUT2D eigenvalue weighted by molar-refractivity contribution is 0.359. The molecular formula is C12H15N. The molecule has 1 aromatic carbocycles. The summed E-state index contributed by atoms with van der Waals surface area (Å²) in [4.78, 5) is 2.33. The molecule has 1 atom stereocenters. The normalized spacial score (nSPS) is 21.8. The van der Waals surface area contributed by atoms with Gasteiger partial charge in [-0.05, 0) is 24.6 Å². The van der Waals surface area contributed by atoms with Crippen molar-refractivity contribution in [2.45, 2.75) is 18.9 Å². The number of nitrogens with zero attached hydrogens (tertiary/aromatic N) is 1. The van der Waals surface area contributed by atoms with Crippen LogP contribution in [0, 0.1) is 0 Å². The van der Waals surface area contributed by atoms with Gasteiger partial charge in [0.05, 0.1) is 6.04 Å². The Morgan fingerprint density at radius 3 is 2.77 bits per heavy atom. The standard InChI is InChI=1S/C12H15N/c1-2-13-10-6-9-12(13)11-7-4-3-5-8-11/h2-5,7-8,12H,1,6,9-10H2. The lowest BCUT2D eigenvalue weighted by Crippen LogP contribution is -2.15. The first-order valence-electron chi connectivity index (χ1n) is 4.85. The highest BCUT2D eigenvalue weighted by Crippen LogP contribution is 2.31. The van der Waals surface area contributed by atoms with Crippen LogP contribution in [0.1, 0.15) is 24.4 Å². The van der Waals surface area contributed by atoms with E-state index in [2.05, 4.69) is 41.8 Å². The zero-order valence-electron chi connectivity index (χ0n) is 7.82. The molecule has 0 saturated carbocycles. The molecule has 0 bridgehead atoms. The smallest absolute Gasteiger partial charge is 0.0537 e. The molecule has 0 amide bonds. The molecule has 2 rings (SSSR count). The lowest BCUT2D eigenvalue weighted by Gasteiger charge is -2.22. The zero-order chi connectivity index (χ0) is 9.10. The third-order valence-corrected chi connectivity index (χ3v) is 2.71. The van der Waals surface area contributed by atoms with Gasteiger partial charge in [0, 0.05) is 6.54 Å². The van der Waals surface area contributed by atoms with Crippen molar-refractivity contribution in [2.75, 3.05) is 6.54 Å². The molecule has 0 aliphatic carbocycles. The Morgan fingerprint density at radius 1 is 1.31 bits per heavy atom. The maximum atomic E-state index is 3.84. The van der Waals surface area contributed by atoms with Crippen molar-refractivity contribution in [3.05, 3.63) is 48.7 Å². The van der Waals surface area contributed by atoms with Crippen molar-refractivity contribution in [3.63, 3.8) is 0 Å². The van der Waals surface area contributed by atoms with Gasteiger partial charge in [-0.15, -0.1) is 0 Å². The van der Waals surface area contributed by atoms with Gasteiger partial charge in [-0.25, -0.2) is 0 Å². The molecule has 1 saturated heterocycles. The van der Waals surface area contributed by atoms with Gasteiger partial charge in [0.25, 0.3) is 0 Å². The van der Waals surface area contributed by atoms with E-state index >= 15 is 0 Å². The third kappa shape index (κ3) is 1.59. The molecule has 0 radical (unpaired) electrons. The summed E-state index contributed by atoms with van der Waals surface area (Å²) in [6, 6.07) is 11.2. The largest absolute Gasteiger partial charge is 0.371 e. The van der Waals surface area contributed by atoms with Gasteiger partial charge in [-0.3, -0.25) is 0 Å². The van der Waals surface area contributed by atoms with Crippen molar-refractivity contribution >= 4 is 0 Å². The first-order valence-corrected chi connectivity index (χ1v) is 4.85. The van der Waals surface area contributed by atoms with E-state index in [0.717, 1.165) is 6.54 Å². The van der Waals surface area contributed by atoms with E-state index in [0.29, 0.717) is 6.04 Å². The van der Waals surface area contributed by atoms with Crippen LogP contribution in [0.15, 0.2) is 43.1 Å². The Hall–Kier alpha value is -1.24. The van der Waals surface area contributed by atoms with E-state index in [1.807, 2.05) is 6.20 Å². The fourth-order valence-electron chi connectivity index (χ4n) is 2.04. The molecule has 1 aromatic rings. The number of hydrogen-bond acceptors (Lipinski definition) is 1. The quantitative estimate of drug-likeness (QED) is 0.664. The molecular weight excluding hydrogens is 158 g/mol. The summed E-state index contributed by atoms with van der Waals surface area (Å²) < 4.78 is 0. The summed E-state index contributed by atoms with van der Waals surface area (Å²) in [7, 11) is 0. The maximum absolute atomic E-state index is 3.84. The fourth-order valence-corrected chi connectivity index (χ4v) is 2.04. The van der Waals surface area contributed by atoms with Crippen LogP contribution in [0.3, 0.4) is 0 Å². The Bertz CT molecular complexity index is 278. The Kier molecular flexibility index (Phi) is 2.35. The average Bonchev–Trinajstić information content (AvgIpc) is 2.67. The van der Waals surface area contributed by atoms with Crippen LogP contribution < -0.4 is 0 Å². The minimum Gasteiger partial charge on any atom is -0.371 e. The van der Waals surface area contributed by atoms with E-state index < -0.39 is 0 Å². The number of benzene rings is 1. The highest BCUT2D eigenvalue weighted by Gasteiger charge is 2.22.